The molecule has 2 rings (SSSR count). The second kappa shape index (κ2) is 7.71. The molecule has 5 heteroatoms. The summed E-state index contributed by atoms with van der Waals surface area (Å²) in [5.74, 6) is 0.230. The van der Waals surface area contributed by atoms with Crippen molar-refractivity contribution in [1.29, 1.82) is 0 Å². The average Bonchev–Trinajstić information content (AvgIpc) is 2.53. The molecule has 0 aliphatic carbocycles. The number of aliphatic hydroxyl groups is 1. The van der Waals surface area contributed by atoms with Gasteiger partial charge in [-0.15, -0.1) is 0 Å². The summed E-state index contributed by atoms with van der Waals surface area (Å²) in [7, 11) is 0. The number of nitrogens with one attached hydrogen (secondary N) is 1. The molecule has 112 valence electrons. The molecule has 0 aliphatic heterocycles. The lowest BCUT2D eigenvalue weighted by atomic mass is 10.1. The van der Waals surface area contributed by atoms with E-state index in [2.05, 4.69) is 10.3 Å². The van der Waals surface area contributed by atoms with Crippen LogP contribution in [0.2, 0.25) is 0 Å². The zero-order valence-electron chi connectivity index (χ0n) is 11.9. The van der Waals surface area contributed by atoms with Crippen LogP contribution >= 0.6 is 0 Å². The number of rotatable bonds is 7. The minimum atomic E-state index is -0.639. The number of hydrogen-bond donors (Lipinski definition) is 2. The Labute approximate surface area is 123 Å². The first-order valence-corrected chi connectivity index (χ1v) is 6.85. The van der Waals surface area contributed by atoms with Crippen molar-refractivity contribution >= 4 is 0 Å². The van der Waals surface area contributed by atoms with Crippen LogP contribution in [0.25, 0.3) is 0 Å². The predicted octanol–water partition coefficient (Wildman–Crippen LogP) is 2.31. The third kappa shape index (κ3) is 5.13. The van der Waals surface area contributed by atoms with Gasteiger partial charge in [-0.25, -0.2) is 4.39 Å². The van der Waals surface area contributed by atoms with E-state index < -0.39 is 6.10 Å². The van der Waals surface area contributed by atoms with Crippen molar-refractivity contribution in [3.05, 3.63) is 60.2 Å². The Hall–Kier alpha value is -1.98. The Balaban J connectivity index is 1.72. The van der Waals surface area contributed by atoms with Crippen LogP contribution in [0.3, 0.4) is 0 Å². The second-order valence-electron chi connectivity index (χ2n) is 4.83. The molecule has 0 saturated heterocycles. The first-order valence-electron chi connectivity index (χ1n) is 6.85. The molecule has 1 aromatic carbocycles. The largest absolute Gasteiger partial charge is 0.491 e. The van der Waals surface area contributed by atoms with Crippen molar-refractivity contribution in [1.82, 2.24) is 10.3 Å². The van der Waals surface area contributed by atoms with E-state index in [0.29, 0.717) is 12.3 Å². The molecule has 4 nitrogen and oxygen atoms in total. The molecule has 21 heavy (non-hydrogen) atoms. The van der Waals surface area contributed by atoms with Gasteiger partial charge in [0.15, 0.2) is 0 Å². The Kier molecular flexibility index (Phi) is 5.66. The molecular formula is C16H19FN2O2. The smallest absolute Gasteiger partial charge is 0.123 e. The Morgan fingerprint density at radius 1 is 1.19 bits per heavy atom. The number of aromatic nitrogens is 1. The van der Waals surface area contributed by atoms with Gasteiger partial charge in [-0.05, 0) is 48.9 Å². The minimum absolute atomic E-state index is 0.119. The van der Waals surface area contributed by atoms with E-state index in [-0.39, 0.29) is 18.5 Å². The average molecular weight is 290 g/mol. The molecular weight excluding hydrogens is 271 g/mol. The topological polar surface area (TPSA) is 54.4 Å². The van der Waals surface area contributed by atoms with E-state index in [1.54, 1.807) is 12.4 Å². The molecule has 0 aliphatic rings. The molecule has 0 fully saturated rings. The summed E-state index contributed by atoms with van der Waals surface area (Å²) in [6, 6.07) is 9.70. The molecule has 1 unspecified atom stereocenters. The fourth-order valence-electron chi connectivity index (χ4n) is 1.86. The molecule has 0 amide bonds. The van der Waals surface area contributed by atoms with Gasteiger partial charge in [-0.2, -0.15) is 0 Å². The van der Waals surface area contributed by atoms with Crippen molar-refractivity contribution < 1.29 is 14.2 Å². The highest BCUT2D eigenvalue weighted by Gasteiger charge is 2.09. The van der Waals surface area contributed by atoms with Crippen LogP contribution in [0.4, 0.5) is 4.39 Å². The van der Waals surface area contributed by atoms with Gasteiger partial charge in [0.2, 0.25) is 0 Å². The number of hydrogen-bond acceptors (Lipinski definition) is 4. The SMILES string of the molecule is C[C@@H](NCC(O)COc1ccc(F)cc1)c1ccncc1. The van der Waals surface area contributed by atoms with Crippen LogP contribution in [0.1, 0.15) is 18.5 Å². The van der Waals surface area contributed by atoms with E-state index in [0.717, 1.165) is 5.56 Å². The van der Waals surface area contributed by atoms with Gasteiger partial charge >= 0.3 is 0 Å². The Bertz CT molecular complexity index is 534. The monoisotopic (exact) mass is 290 g/mol. The van der Waals surface area contributed by atoms with Crippen molar-refractivity contribution in [2.75, 3.05) is 13.2 Å². The van der Waals surface area contributed by atoms with Crippen molar-refractivity contribution in [3.63, 3.8) is 0 Å². The molecule has 0 spiro atoms. The highest BCUT2D eigenvalue weighted by Crippen LogP contribution is 2.12. The lowest BCUT2D eigenvalue weighted by Gasteiger charge is -2.17. The standard InChI is InChI=1S/C16H19FN2O2/c1-12(13-6-8-18-9-7-13)19-10-15(20)11-21-16-4-2-14(17)3-5-16/h2-9,12,15,19-20H,10-11H2,1H3/t12-,15?/m1/s1. The maximum Gasteiger partial charge on any atom is 0.123 e. The molecule has 0 bridgehead atoms. The molecule has 2 N–H and O–H groups in total. The molecule has 2 aromatic rings. The summed E-state index contributed by atoms with van der Waals surface area (Å²) in [5.41, 5.74) is 1.11. The van der Waals surface area contributed by atoms with Crippen LogP contribution in [0.5, 0.6) is 5.75 Å². The van der Waals surface area contributed by atoms with Crippen LogP contribution in [0.15, 0.2) is 48.8 Å². The number of halogens is 1. The summed E-state index contributed by atoms with van der Waals surface area (Å²) >= 11 is 0. The highest BCUT2D eigenvalue weighted by molar-refractivity contribution is 5.22. The first kappa shape index (κ1) is 15.4. The van der Waals surface area contributed by atoms with E-state index >= 15 is 0 Å². The van der Waals surface area contributed by atoms with E-state index in [1.165, 1.54) is 24.3 Å². The number of pyridine rings is 1. The number of benzene rings is 1. The van der Waals surface area contributed by atoms with Crippen LogP contribution in [0, 0.1) is 5.82 Å². The van der Waals surface area contributed by atoms with Gasteiger partial charge in [-0.1, -0.05) is 0 Å². The van der Waals surface area contributed by atoms with Crippen LogP contribution in [-0.4, -0.2) is 29.3 Å². The zero-order valence-corrected chi connectivity index (χ0v) is 11.9. The lowest BCUT2D eigenvalue weighted by Crippen LogP contribution is -2.33. The lowest BCUT2D eigenvalue weighted by molar-refractivity contribution is 0.104. The van der Waals surface area contributed by atoms with Crippen molar-refractivity contribution in [2.45, 2.75) is 19.1 Å². The third-order valence-electron chi connectivity index (χ3n) is 3.12. The normalized spacial score (nSPS) is 13.7. The van der Waals surface area contributed by atoms with Gasteiger partial charge in [0, 0.05) is 25.0 Å². The zero-order chi connectivity index (χ0) is 15.1. The number of ether oxygens (including phenoxy) is 1. The van der Waals surface area contributed by atoms with E-state index in [4.69, 9.17) is 4.74 Å². The third-order valence-corrected chi connectivity index (χ3v) is 3.12. The van der Waals surface area contributed by atoms with Gasteiger partial charge in [0.05, 0.1) is 0 Å². The summed E-state index contributed by atoms with van der Waals surface area (Å²) in [4.78, 5) is 3.97. The quantitative estimate of drug-likeness (QED) is 0.821. The van der Waals surface area contributed by atoms with Crippen LogP contribution in [-0.2, 0) is 0 Å². The summed E-state index contributed by atoms with van der Waals surface area (Å²) in [6.45, 7) is 2.58. The van der Waals surface area contributed by atoms with Crippen molar-refractivity contribution in [3.8, 4) is 5.75 Å². The molecule has 1 aromatic heterocycles. The number of aliphatic hydroxyl groups excluding tert-OH is 1. The second-order valence-corrected chi connectivity index (χ2v) is 4.83. The van der Waals surface area contributed by atoms with E-state index in [9.17, 15) is 9.50 Å². The minimum Gasteiger partial charge on any atom is -0.491 e. The van der Waals surface area contributed by atoms with Gasteiger partial charge in [0.25, 0.3) is 0 Å². The van der Waals surface area contributed by atoms with Gasteiger partial charge < -0.3 is 15.2 Å². The Morgan fingerprint density at radius 2 is 1.86 bits per heavy atom. The summed E-state index contributed by atoms with van der Waals surface area (Å²) in [5, 5.41) is 13.1. The molecule has 0 saturated carbocycles. The Morgan fingerprint density at radius 3 is 2.52 bits per heavy atom. The van der Waals surface area contributed by atoms with Crippen LogP contribution < -0.4 is 10.1 Å². The van der Waals surface area contributed by atoms with Gasteiger partial charge in [-0.3, -0.25) is 4.98 Å². The molecule has 2 atom stereocenters. The van der Waals surface area contributed by atoms with Gasteiger partial charge in [0.1, 0.15) is 24.3 Å². The maximum absolute atomic E-state index is 12.7. The predicted molar refractivity (Wildman–Crippen MR) is 78.6 cm³/mol. The van der Waals surface area contributed by atoms with Crippen molar-refractivity contribution in [2.24, 2.45) is 0 Å². The highest BCUT2D eigenvalue weighted by atomic mass is 19.1. The fourth-order valence-corrected chi connectivity index (χ4v) is 1.86. The first-order chi connectivity index (χ1) is 10.1. The maximum atomic E-state index is 12.7. The molecule has 0 radical (unpaired) electrons. The summed E-state index contributed by atoms with van der Waals surface area (Å²) in [6.07, 6.45) is 2.84. The number of nitrogens with zero attached hydrogens (tertiary/aromatic N) is 1. The van der Waals surface area contributed by atoms with E-state index in [1.807, 2.05) is 19.1 Å². The fraction of sp³-hybridized carbons (Fsp3) is 0.312. The molecule has 1 heterocycles. The summed E-state index contributed by atoms with van der Waals surface area (Å²) < 4.78 is 18.1.